The van der Waals surface area contributed by atoms with Crippen LogP contribution in [0.25, 0.3) is 11.3 Å². The first-order chi connectivity index (χ1) is 12.8. The number of ether oxygens (including phenoxy) is 1. The number of nitriles is 1. The van der Waals surface area contributed by atoms with Crippen molar-refractivity contribution in [1.82, 2.24) is 9.78 Å². The molecule has 0 atom stereocenters. The lowest BCUT2D eigenvalue weighted by atomic mass is 10.1. The molecule has 0 fully saturated rings. The lowest BCUT2D eigenvalue weighted by Crippen LogP contribution is -2.04. The first-order valence-corrected chi connectivity index (χ1v) is 7.95. The van der Waals surface area contributed by atoms with Crippen molar-refractivity contribution in [3.63, 3.8) is 0 Å². The van der Waals surface area contributed by atoms with Crippen LogP contribution in [0.1, 0.15) is 18.1 Å². The summed E-state index contributed by atoms with van der Waals surface area (Å²) in [6, 6.07) is 11.5. The van der Waals surface area contributed by atoms with Crippen LogP contribution in [0.2, 0.25) is 0 Å². The third-order valence-corrected chi connectivity index (χ3v) is 3.82. The Morgan fingerprint density at radius 2 is 1.81 bits per heavy atom. The van der Waals surface area contributed by atoms with Crippen molar-refractivity contribution >= 4 is 0 Å². The minimum absolute atomic E-state index is 0.122. The molecular weight excluding hydrogens is 362 g/mol. The Hall–Kier alpha value is -3.34. The summed E-state index contributed by atoms with van der Waals surface area (Å²) in [5, 5.41) is 13.5. The summed E-state index contributed by atoms with van der Waals surface area (Å²) < 4.78 is 58.4. The summed E-state index contributed by atoms with van der Waals surface area (Å²) >= 11 is 0. The number of benzene rings is 2. The van der Waals surface area contributed by atoms with Gasteiger partial charge in [-0.3, -0.25) is 0 Å². The van der Waals surface area contributed by atoms with Crippen molar-refractivity contribution < 1.29 is 22.3 Å². The van der Waals surface area contributed by atoms with Crippen molar-refractivity contribution in [1.29, 1.82) is 5.26 Å². The lowest BCUT2D eigenvalue weighted by Gasteiger charge is -2.09. The molecule has 3 rings (SSSR count). The average molecular weight is 375 g/mol. The fourth-order valence-corrected chi connectivity index (χ4v) is 2.51. The second kappa shape index (κ2) is 7.11. The van der Waals surface area contributed by atoms with Gasteiger partial charge in [0.05, 0.1) is 22.9 Å². The van der Waals surface area contributed by atoms with Crippen molar-refractivity contribution in [3.8, 4) is 29.0 Å². The highest BCUT2D eigenvalue weighted by Crippen LogP contribution is 2.33. The van der Waals surface area contributed by atoms with Gasteiger partial charge >= 0.3 is 6.18 Å². The standard InChI is InChI=1S/C19H13F4N3O/c1-2-26-18(27-15-6-3-13(4-7-15)19(21,22)23)10-17(25-26)16-8-5-14(20)9-12(16)11-24/h3-10H,2H2,1H3. The molecule has 0 spiro atoms. The predicted octanol–water partition coefficient (Wildman–Crippen LogP) is 5.39. The molecule has 0 saturated carbocycles. The average Bonchev–Trinajstić information content (AvgIpc) is 3.03. The molecule has 4 nitrogen and oxygen atoms in total. The molecule has 0 aliphatic rings. The highest BCUT2D eigenvalue weighted by atomic mass is 19.4. The van der Waals surface area contributed by atoms with Crippen molar-refractivity contribution in [2.45, 2.75) is 19.6 Å². The van der Waals surface area contributed by atoms with Gasteiger partial charge in [-0.05, 0) is 49.4 Å². The zero-order valence-corrected chi connectivity index (χ0v) is 14.1. The SMILES string of the molecule is CCn1nc(-c2ccc(F)cc2C#N)cc1Oc1ccc(C(F)(F)F)cc1. The van der Waals surface area contributed by atoms with Crippen LogP contribution < -0.4 is 4.74 Å². The molecule has 0 aliphatic heterocycles. The van der Waals surface area contributed by atoms with Gasteiger partial charge in [-0.15, -0.1) is 0 Å². The molecule has 0 radical (unpaired) electrons. The third kappa shape index (κ3) is 3.92. The van der Waals surface area contributed by atoms with Gasteiger partial charge in [-0.1, -0.05) is 0 Å². The summed E-state index contributed by atoms with van der Waals surface area (Å²) in [5.74, 6) is -0.0318. The Kier molecular flexibility index (Phi) is 4.86. The van der Waals surface area contributed by atoms with E-state index in [2.05, 4.69) is 5.10 Å². The van der Waals surface area contributed by atoms with E-state index in [1.165, 1.54) is 28.9 Å². The zero-order chi connectivity index (χ0) is 19.6. The van der Waals surface area contributed by atoms with Gasteiger partial charge < -0.3 is 4.74 Å². The number of aromatic nitrogens is 2. The lowest BCUT2D eigenvalue weighted by molar-refractivity contribution is -0.137. The summed E-state index contributed by atoms with van der Waals surface area (Å²) in [7, 11) is 0. The van der Waals surface area contributed by atoms with Crippen LogP contribution in [0.4, 0.5) is 17.6 Å². The van der Waals surface area contributed by atoms with E-state index in [9.17, 15) is 22.8 Å². The first kappa shape index (κ1) is 18.5. The van der Waals surface area contributed by atoms with Gasteiger partial charge in [0.15, 0.2) is 0 Å². The number of nitrogens with zero attached hydrogens (tertiary/aromatic N) is 3. The molecule has 1 heterocycles. The van der Waals surface area contributed by atoms with Crippen LogP contribution in [0, 0.1) is 17.1 Å². The summed E-state index contributed by atoms with van der Waals surface area (Å²) in [6.45, 7) is 2.24. The van der Waals surface area contributed by atoms with E-state index in [1.54, 1.807) is 6.07 Å². The van der Waals surface area contributed by atoms with Gasteiger partial charge in [-0.25, -0.2) is 9.07 Å². The Morgan fingerprint density at radius 1 is 1.11 bits per heavy atom. The number of halogens is 4. The van der Waals surface area contributed by atoms with Crippen molar-refractivity contribution in [3.05, 3.63) is 65.5 Å². The molecule has 8 heteroatoms. The number of hydrogen-bond acceptors (Lipinski definition) is 3. The van der Waals surface area contributed by atoms with E-state index >= 15 is 0 Å². The summed E-state index contributed by atoms with van der Waals surface area (Å²) in [4.78, 5) is 0. The van der Waals surface area contributed by atoms with Gasteiger partial charge in [0.25, 0.3) is 0 Å². The van der Waals surface area contributed by atoms with Crippen LogP contribution in [0.3, 0.4) is 0 Å². The predicted molar refractivity (Wildman–Crippen MR) is 89.5 cm³/mol. The van der Waals surface area contributed by atoms with Crippen LogP contribution >= 0.6 is 0 Å². The Morgan fingerprint density at radius 3 is 2.41 bits per heavy atom. The van der Waals surface area contributed by atoms with E-state index in [1.807, 2.05) is 13.0 Å². The molecule has 0 amide bonds. The molecular formula is C19H13F4N3O. The van der Waals surface area contributed by atoms with Crippen LogP contribution in [0.15, 0.2) is 48.5 Å². The monoisotopic (exact) mass is 375 g/mol. The second-order valence-corrected chi connectivity index (χ2v) is 5.61. The molecule has 0 unspecified atom stereocenters. The topological polar surface area (TPSA) is 50.8 Å². The van der Waals surface area contributed by atoms with Crippen molar-refractivity contribution in [2.75, 3.05) is 0 Å². The van der Waals surface area contributed by atoms with Crippen LogP contribution in [-0.4, -0.2) is 9.78 Å². The van der Waals surface area contributed by atoms with Crippen LogP contribution in [-0.2, 0) is 12.7 Å². The van der Waals surface area contributed by atoms with Crippen molar-refractivity contribution in [2.24, 2.45) is 0 Å². The minimum Gasteiger partial charge on any atom is -0.439 e. The van der Waals surface area contributed by atoms with Gasteiger partial charge in [0.2, 0.25) is 5.88 Å². The van der Waals surface area contributed by atoms with Crippen LogP contribution in [0.5, 0.6) is 11.6 Å². The highest BCUT2D eigenvalue weighted by molar-refractivity contribution is 5.68. The number of rotatable bonds is 4. The molecule has 0 N–H and O–H groups in total. The van der Waals surface area contributed by atoms with Gasteiger partial charge in [0, 0.05) is 18.2 Å². The third-order valence-electron chi connectivity index (χ3n) is 3.82. The normalized spacial score (nSPS) is 11.3. The van der Waals surface area contributed by atoms with E-state index in [4.69, 9.17) is 4.74 Å². The largest absolute Gasteiger partial charge is 0.439 e. The summed E-state index contributed by atoms with van der Waals surface area (Å²) in [6.07, 6.45) is -4.42. The number of alkyl halides is 3. The molecule has 138 valence electrons. The molecule has 27 heavy (non-hydrogen) atoms. The maximum Gasteiger partial charge on any atom is 0.416 e. The second-order valence-electron chi connectivity index (χ2n) is 5.61. The molecule has 3 aromatic rings. The Bertz CT molecular complexity index is 1000. The maximum absolute atomic E-state index is 13.3. The van der Waals surface area contributed by atoms with E-state index in [0.717, 1.165) is 18.2 Å². The minimum atomic E-state index is -4.42. The summed E-state index contributed by atoms with van der Waals surface area (Å²) in [5.41, 5.74) is 0.181. The van der Waals surface area contributed by atoms with E-state index in [0.29, 0.717) is 23.7 Å². The fraction of sp³-hybridized carbons (Fsp3) is 0.158. The highest BCUT2D eigenvalue weighted by Gasteiger charge is 2.30. The molecule has 2 aromatic carbocycles. The van der Waals surface area contributed by atoms with Gasteiger partial charge in [-0.2, -0.15) is 23.5 Å². The Labute approximate surface area is 152 Å². The molecule has 1 aromatic heterocycles. The number of hydrogen-bond donors (Lipinski definition) is 0. The maximum atomic E-state index is 13.3. The Balaban J connectivity index is 1.93. The molecule has 0 aliphatic carbocycles. The zero-order valence-electron chi connectivity index (χ0n) is 14.1. The smallest absolute Gasteiger partial charge is 0.416 e. The number of aryl methyl sites for hydroxylation is 1. The molecule has 0 bridgehead atoms. The fourth-order valence-electron chi connectivity index (χ4n) is 2.51. The van der Waals surface area contributed by atoms with E-state index < -0.39 is 17.6 Å². The van der Waals surface area contributed by atoms with Gasteiger partial charge in [0.1, 0.15) is 11.6 Å². The van der Waals surface area contributed by atoms with E-state index in [-0.39, 0.29) is 11.3 Å². The quantitative estimate of drug-likeness (QED) is 0.575. The first-order valence-electron chi connectivity index (χ1n) is 7.95. The molecule has 0 saturated heterocycles.